The third kappa shape index (κ3) is 2.03. The molecule has 0 atom stereocenters. The van der Waals surface area contributed by atoms with Gasteiger partial charge >= 0.3 is 0 Å². The number of hydrogen-bond donors (Lipinski definition) is 0. The number of ether oxygens (including phenoxy) is 1. The predicted molar refractivity (Wildman–Crippen MR) is 66.3 cm³/mol. The first-order chi connectivity index (χ1) is 8.69. The summed E-state index contributed by atoms with van der Waals surface area (Å²) in [5, 5.41) is 4.06. The molecule has 1 saturated carbocycles. The molecule has 5 heteroatoms. The second kappa shape index (κ2) is 4.39. The van der Waals surface area contributed by atoms with E-state index in [0.29, 0.717) is 18.7 Å². The van der Waals surface area contributed by atoms with Crippen LogP contribution in [0.1, 0.15) is 36.0 Å². The molecule has 0 bridgehead atoms. The average Bonchev–Trinajstić information content (AvgIpc) is 2.98. The van der Waals surface area contributed by atoms with E-state index in [2.05, 4.69) is 5.10 Å². The Balaban J connectivity index is 1.74. The van der Waals surface area contributed by atoms with Crippen LogP contribution in [0, 0.1) is 0 Å². The van der Waals surface area contributed by atoms with Gasteiger partial charge in [-0.15, -0.1) is 0 Å². The summed E-state index contributed by atoms with van der Waals surface area (Å²) in [5.74, 6) is 0.0812. The molecule has 1 amide bonds. The fourth-order valence-electron chi connectivity index (χ4n) is 3.05. The van der Waals surface area contributed by atoms with Gasteiger partial charge in [-0.25, -0.2) is 0 Å². The fourth-order valence-corrected chi connectivity index (χ4v) is 3.05. The number of aromatic nitrogens is 2. The second-order valence-electron chi connectivity index (χ2n) is 5.37. The Morgan fingerprint density at radius 2 is 2.22 bits per heavy atom. The minimum absolute atomic E-state index is 0.0594. The van der Waals surface area contributed by atoms with Gasteiger partial charge in [0.05, 0.1) is 30.5 Å². The van der Waals surface area contributed by atoms with Crippen molar-refractivity contribution in [2.45, 2.75) is 31.3 Å². The molecule has 98 valence electrons. The third-order valence-corrected chi connectivity index (χ3v) is 4.00. The van der Waals surface area contributed by atoms with Gasteiger partial charge in [0, 0.05) is 19.8 Å². The summed E-state index contributed by atoms with van der Waals surface area (Å²) in [5.41, 5.74) is 0.614. The number of amides is 1. The van der Waals surface area contributed by atoms with Crippen molar-refractivity contribution in [1.82, 2.24) is 14.7 Å². The minimum Gasteiger partial charge on any atom is -0.371 e. The molecule has 18 heavy (non-hydrogen) atoms. The average molecular weight is 249 g/mol. The molecule has 0 unspecified atom stereocenters. The van der Waals surface area contributed by atoms with E-state index in [9.17, 15) is 4.79 Å². The Bertz CT molecular complexity index is 449. The van der Waals surface area contributed by atoms with Crippen LogP contribution >= 0.6 is 0 Å². The van der Waals surface area contributed by atoms with E-state index in [1.165, 1.54) is 12.8 Å². The molecule has 0 radical (unpaired) electrons. The van der Waals surface area contributed by atoms with Crippen molar-refractivity contribution in [2.24, 2.45) is 7.05 Å². The second-order valence-corrected chi connectivity index (χ2v) is 5.37. The quantitative estimate of drug-likeness (QED) is 0.751. The predicted octanol–water partition coefficient (Wildman–Crippen LogP) is 1.21. The highest BCUT2D eigenvalue weighted by molar-refractivity contribution is 5.93. The van der Waals surface area contributed by atoms with Gasteiger partial charge in [-0.1, -0.05) is 12.8 Å². The van der Waals surface area contributed by atoms with Crippen molar-refractivity contribution >= 4 is 5.91 Å². The zero-order chi connectivity index (χ0) is 12.6. The number of hydrogen-bond acceptors (Lipinski definition) is 3. The van der Waals surface area contributed by atoms with Gasteiger partial charge in [0.15, 0.2) is 0 Å². The van der Waals surface area contributed by atoms with Crippen molar-refractivity contribution in [3.63, 3.8) is 0 Å². The zero-order valence-corrected chi connectivity index (χ0v) is 10.8. The highest BCUT2D eigenvalue weighted by atomic mass is 16.5. The molecule has 1 spiro atoms. The summed E-state index contributed by atoms with van der Waals surface area (Å²) in [4.78, 5) is 14.3. The van der Waals surface area contributed by atoms with Crippen LogP contribution in [0.2, 0.25) is 0 Å². The number of carbonyl (C=O) groups excluding carboxylic acids is 1. The highest BCUT2D eigenvalue weighted by Gasteiger charge is 2.40. The molecule has 1 aromatic heterocycles. The van der Waals surface area contributed by atoms with E-state index in [0.717, 1.165) is 19.4 Å². The van der Waals surface area contributed by atoms with Gasteiger partial charge in [-0.2, -0.15) is 5.10 Å². The lowest BCUT2D eigenvalue weighted by atomic mass is 9.99. The molecule has 3 rings (SSSR count). The maximum Gasteiger partial charge on any atom is 0.257 e. The smallest absolute Gasteiger partial charge is 0.257 e. The Labute approximate surface area is 107 Å². The summed E-state index contributed by atoms with van der Waals surface area (Å²) in [7, 11) is 1.83. The number of carbonyl (C=O) groups is 1. The van der Waals surface area contributed by atoms with E-state index in [4.69, 9.17) is 4.74 Å². The molecule has 2 aliphatic rings. The van der Waals surface area contributed by atoms with Crippen molar-refractivity contribution in [1.29, 1.82) is 0 Å². The topological polar surface area (TPSA) is 47.4 Å². The summed E-state index contributed by atoms with van der Waals surface area (Å²) >= 11 is 0. The van der Waals surface area contributed by atoms with Crippen molar-refractivity contribution in [3.05, 3.63) is 18.0 Å². The first-order valence-electron chi connectivity index (χ1n) is 6.60. The molecular formula is C13H19N3O2. The van der Waals surface area contributed by atoms with Crippen LogP contribution in [0.4, 0.5) is 0 Å². The van der Waals surface area contributed by atoms with Crippen LogP contribution in [0.15, 0.2) is 12.4 Å². The van der Waals surface area contributed by atoms with Gasteiger partial charge in [0.2, 0.25) is 0 Å². The lowest BCUT2D eigenvalue weighted by Crippen LogP contribution is -2.52. The van der Waals surface area contributed by atoms with E-state index in [-0.39, 0.29) is 11.5 Å². The standard InChI is InChI=1S/C13H19N3O2/c1-15-9-11(8-14-15)12(17)16-6-7-18-13(10-16)4-2-3-5-13/h8-9H,2-7,10H2,1H3. The van der Waals surface area contributed by atoms with Gasteiger partial charge in [0.25, 0.3) is 5.91 Å². The fraction of sp³-hybridized carbons (Fsp3) is 0.692. The number of morpholine rings is 1. The normalized spacial score (nSPS) is 22.6. The zero-order valence-electron chi connectivity index (χ0n) is 10.8. The van der Waals surface area contributed by atoms with E-state index >= 15 is 0 Å². The molecule has 1 aliphatic heterocycles. The van der Waals surface area contributed by atoms with Crippen molar-refractivity contribution in [3.8, 4) is 0 Å². The lowest BCUT2D eigenvalue weighted by molar-refractivity contribution is -0.0948. The molecule has 1 saturated heterocycles. The van der Waals surface area contributed by atoms with E-state index in [1.54, 1.807) is 17.1 Å². The monoisotopic (exact) mass is 249 g/mol. The van der Waals surface area contributed by atoms with Crippen LogP contribution in [0.5, 0.6) is 0 Å². The maximum absolute atomic E-state index is 12.4. The van der Waals surface area contributed by atoms with E-state index < -0.39 is 0 Å². The first kappa shape index (κ1) is 11.7. The first-order valence-corrected chi connectivity index (χ1v) is 6.60. The highest BCUT2D eigenvalue weighted by Crippen LogP contribution is 2.36. The summed E-state index contributed by atoms with van der Waals surface area (Å²) in [6.45, 7) is 2.09. The Hall–Kier alpha value is -1.36. The van der Waals surface area contributed by atoms with Crippen LogP contribution in [-0.2, 0) is 11.8 Å². The molecule has 0 aromatic carbocycles. The number of nitrogens with zero attached hydrogens (tertiary/aromatic N) is 3. The number of aryl methyl sites for hydroxylation is 1. The maximum atomic E-state index is 12.4. The van der Waals surface area contributed by atoms with Crippen LogP contribution in [0.25, 0.3) is 0 Å². The summed E-state index contributed by atoms with van der Waals surface area (Å²) in [6.07, 6.45) is 8.02. The molecule has 1 aromatic rings. The van der Waals surface area contributed by atoms with Crippen molar-refractivity contribution < 1.29 is 9.53 Å². The Morgan fingerprint density at radius 3 is 2.89 bits per heavy atom. The SMILES string of the molecule is Cn1cc(C(=O)N2CCOC3(CCCC3)C2)cn1. The lowest BCUT2D eigenvalue weighted by Gasteiger charge is -2.40. The molecule has 1 aliphatic carbocycles. The minimum atomic E-state index is -0.0594. The molecule has 2 fully saturated rings. The Kier molecular flexibility index (Phi) is 2.86. The van der Waals surface area contributed by atoms with Gasteiger partial charge in [-0.3, -0.25) is 9.48 Å². The van der Waals surface area contributed by atoms with Crippen molar-refractivity contribution in [2.75, 3.05) is 19.7 Å². The molecule has 2 heterocycles. The largest absolute Gasteiger partial charge is 0.371 e. The van der Waals surface area contributed by atoms with Crippen LogP contribution < -0.4 is 0 Å². The van der Waals surface area contributed by atoms with Gasteiger partial charge < -0.3 is 9.64 Å². The molecule has 0 N–H and O–H groups in total. The van der Waals surface area contributed by atoms with Gasteiger partial charge in [0.1, 0.15) is 0 Å². The van der Waals surface area contributed by atoms with Crippen LogP contribution in [-0.4, -0.2) is 45.9 Å². The molecule has 5 nitrogen and oxygen atoms in total. The summed E-state index contributed by atoms with van der Waals surface area (Å²) < 4.78 is 7.60. The molecular weight excluding hydrogens is 230 g/mol. The van der Waals surface area contributed by atoms with Gasteiger partial charge in [-0.05, 0) is 12.8 Å². The Morgan fingerprint density at radius 1 is 1.44 bits per heavy atom. The number of rotatable bonds is 1. The third-order valence-electron chi connectivity index (χ3n) is 4.00. The summed E-state index contributed by atoms with van der Waals surface area (Å²) in [6, 6.07) is 0. The van der Waals surface area contributed by atoms with E-state index in [1.807, 2.05) is 11.9 Å². The van der Waals surface area contributed by atoms with Crippen LogP contribution in [0.3, 0.4) is 0 Å².